The van der Waals surface area contributed by atoms with Crippen LogP contribution < -0.4 is 0 Å². The summed E-state index contributed by atoms with van der Waals surface area (Å²) in [6.07, 6.45) is 2.51. The van der Waals surface area contributed by atoms with Crippen molar-refractivity contribution in [1.82, 2.24) is 0 Å². The zero-order valence-corrected chi connectivity index (χ0v) is 18.9. The largest absolute Gasteiger partial charge is 0.478 e. The highest BCUT2D eigenvalue weighted by Gasteiger charge is 2.36. The van der Waals surface area contributed by atoms with E-state index in [-0.39, 0.29) is 17.6 Å². The van der Waals surface area contributed by atoms with Gasteiger partial charge in [0.15, 0.2) is 0 Å². The monoisotopic (exact) mass is 432 g/mol. The molecule has 0 fully saturated rings. The van der Waals surface area contributed by atoms with E-state index in [1.165, 1.54) is 0 Å². The van der Waals surface area contributed by atoms with Crippen LogP contribution in [-0.4, -0.2) is 44.6 Å². The number of aromatic carboxylic acids is 2. The lowest BCUT2D eigenvalue weighted by Crippen LogP contribution is -2.42. The molecule has 2 aromatic rings. The maximum atomic E-state index is 10.2. The van der Waals surface area contributed by atoms with Crippen LogP contribution in [0.4, 0.5) is 0 Å². The number of rotatable bonds is 8. The van der Waals surface area contributed by atoms with Gasteiger partial charge in [0.25, 0.3) is 0 Å². The molecule has 0 aliphatic heterocycles. The molecule has 3 unspecified atom stereocenters. The summed E-state index contributed by atoms with van der Waals surface area (Å²) in [6.45, 7) is 8.01. The van der Waals surface area contributed by atoms with Crippen LogP contribution in [0.2, 0.25) is 0 Å². The molecular formula is C25H36O6. The summed E-state index contributed by atoms with van der Waals surface area (Å²) >= 11 is 0. The molecule has 0 spiro atoms. The summed E-state index contributed by atoms with van der Waals surface area (Å²) in [5, 5.41) is 36.5. The second kappa shape index (κ2) is 15.2. The van der Waals surface area contributed by atoms with Crippen molar-refractivity contribution in [2.75, 3.05) is 0 Å². The molecule has 0 saturated heterocycles. The fourth-order valence-electron chi connectivity index (χ4n) is 2.92. The topological polar surface area (TPSA) is 115 Å². The van der Waals surface area contributed by atoms with Crippen molar-refractivity contribution < 1.29 is 30.0 Å². The molecule has 0 aromatic heterocycles. The van der Waals surface area contributed by atoms with E-state index >= 15 is 0 Å². The zero-order valence-electron chi connectivity index (χ0n) is 18.9. The van der Waals surface area contributed by atoms with Crippen molar-refractivity contribution in [3.8, 4) is 0 Å². The highest BCUT2D eigenvalue weighted by Crippen LogP contribution is 2.33. The van der Waals surface area contributed by atoms with E-state index in [1.54, 1.807) is 60.7 Å². The Bertz CT molecular complexity index is 698. The second-order valence-electron chi connectivity index (χ2n) is 7.43. The maximum Gasteiger partial charge on any atom is 0.335 e. The summed E-state index contributed by atoms with van der Waals surface area (Å²) in [6, 6.07) is 16.6. The standard InChI is InChI=1S/C11H24O2.2C7H6O2/c1-5-8-10(13)11(4,7-3)9(12)6-2;2*8-7(9)6-4-2-1-3-5-6/h9-10,12-13H,5-8H2,1-4H3;2*1-5H,(H,8,9). The molecule has 0 radical (unpaired) electrons. The van der Waals surface area contributed by atoms with Crippen molar-refractivity contribution in [1.29, 1.82) is 0 Å². The van der Waals surface area contributed by atoms with Gasteiger partial charge in [-0.05, 0) is 43.5 Å². The summed E-state index contributed by atoms with van der Waals surface area (Å²) in [4.78, 5) is 20.4. The van der Waals surface area contributed by atoms with Crippen molar-refractivity contribution >= 4 is 11.9 Å². The van der Waals surface area contributed by atoms with Gasteiger partial charge in [0.2, 0.25) is 0 Å². The molecule has 6 heteroatoms. The molecule has 4 N–H and O–H groups in total. The molecule has 2 rings (SSSR count). The summed E-state index contributed by atoms with van der Waals surface area (Å²) < 4.78 is 0. The number of carbonyl (C=O) groups is 2. The fraction of sp³-hybridized carbons (Fsp3) is 0.440. The Balaban J connectivity index is 0.000000445. The number of carboxylic acid groups (broad SMARTS) is 2. The first kappa shape index (κ1) is 28.3. The van der Waals surface area contributed by atoms with Gasteiger partial charge in [-0.25, -0.2) is 9.59 Å². The van der Waals surface area contributed by atoms with Gasteiger partial charge in [0.1, 0.15) is 0 Å². The van der Waals surface area contributed by atoms with Crippen LogP contribution in [0.3, 0.4) is 0 Å². The number of aliphatic hydroxyl groups is 2. The van der Waals surface area contributed by atoms with Crippen LogP contribution in [0.5, 0.6) is 0 Å². The van der Waals surface area contributed by atoms with Gasteiger partial charge < -0.3 is 20.4 Å². The van der Waals surface area contributed by atoms with Gasteiger partial charge in [-0.1, -0.05) is 70.5 Å². The van der Waals surface area contributed by atoms with E-state index in [0.29, 0.717) is 17.5 Å². The van der Waals surface area contributed by atoms with E-state index in [9.17, 15) is 19.8 Å². The van der Waals surface area contributed by atoms with Crippen LogP contribution in [0.1, 0.15) is 74.1 Å². The van der Waals surface area contributed by atoms with Gasteiger partial charge >= 0.3 is 11.9 Å². The highest BCUT2D eigenvalue weighted by molar-refractivity contribution is 5.87. The van der Waals surface area contributed by atoms with E-state index in [1.807, 2.05) is 20.8 Å². The van der Waals surface area contributed by atoms with Gasteiger partial charge in [0, 0.05) is 5.41 Å². The third-order valence-corrected chi connectivity index (χ3v) is 5.27. The molecule has 0 bridgehead atoms. The zero-order chi connectivity index (χ0) is 23.9. The second-order valence-corrected chi connectivity index (χ2v) is 7.43. The lowest BCUT2D eigenvalue weighted by molar-refractivity contribution is -0.0661. The summed E-state index contributed by atoms with van der Waals surface area (Å²) in [5.41, 5.74) is 0.333. The number of benzene rings is 2. The minimum atomic E-state index is -0.879. The lowest BCUT2D eigenvalue weighted by Gasteiger charge is -2.37. The van der Waals surface area contributed by atoms with Crippen molar-refractivity contribution in [3.63, 3.8) is 0 Å². The van der Waals surface area contributed by atoms with Gasteiger partial charge in [0.05, 0.1) is 23.3 Å². The van der Waals surface area contributed by atoms with Crippen LogP contribution in [0.25, 0.3) is 0 Å². The summed E-state index contributed by atoms with van der Waals surface area (Å²) in [7, 11) is 0. The molecule has 2 aromatic carbocycles. The van der Waals surface area contributed by atoms with E-state index < -0.39 is 11.9 Å². The number of aliphatic hydroxyl groups excluding tert-OH is 2. The van der Waals surface area contributed by atoms with E-state index in [4.69, 9.17) is 10.2 Å². The van der Waals surface area contributed by atoms with Crippen molar-refractivity contribution in [3.05, 3.63) is 71.8 Å². The fourth-order valence-corrected chi connectivity index (χ4v) is 2.92. The first-order valence-corrected chi connectivity index (χ1v) is 10.6. The minimum absolute atomic E-state index is 0.329. The molecular weight excluding hydrogens is 396 g/mol. The van der Waals surface area contributed by atoms with Gasteiger partial charge in [-0.15, -0.1) is 0 Å². The molecule has 3 atom stereocenters. The SMILES string of the molecule is CCCC(O)C(C)(CC)C(O)CC.O=C(O)c1ccccc1.O=C(O)c1ccccc1. The molecule has 172 valence electrons. The summed E-state index contributed by atoms with van der Waals surface area (Å²) in [5.74, 6) is -1.76. The molecule has 31 heavy (non-hydrogen) atoms. The van der Waals surface area contributed by atoms with Crippen LogP contribution in [-0.2, 0) is 0 Å². The van der Waals surface area contributed by atoms with Crippen LogP contribution in [0.15, 0.2) is 60.7 Å². The average Bonchev–Trinajstić information content (AvgIpc) is 2.80. The molecule has 0 saturated carbocycles. The van der Waals surface area contributed by atoms with Crippen LogP contribution >= 0.6 is 0 Å². The van der Waals surface area contributed by atoms with Crippen molar-refractivity contribution in [2.45, 2.75) is 65.6 Å². The molecule has 0 heterocycles. The van der Waals surface area contributed by atoms with Crippen molar-refractivity contribution in [2.24, 2.45) is 5.41 Å². The Hall–Kier alpha value is -2.70. The smallest absolute Gasteiger partial charge is 0.335 e. The Morgan fingerprint density at radius 3 is 1.39 bits per heavy atom. The third kappa shape index (κ3) is 10.2. The maximum absolute atomic E-state index is 10.2. The minimum Gasteiger partial charge on any atom is -0.478 e. The molecule has 0 aliphatic carbocycles. The predicted molar refractivity (Wildman–Crippen MR) is 122 cm³/mol. The first-order chi connectivity index (χ1) is 14.6. The molecule has 0 amide bonds. The number of carboxylic acids is 2. The Labute approximate surface area is 185 Å². The highest BCUT2D eigenvalue weighted by atomic mass is 16.4. The lowest BCUT2D eigenvalue weighted by atomic mass is 9.74. The third-order valence-electron chi connectivity index (χ3n) is 5.27. The predicted octanol–water partition coefficient (Wildman–Crippen LogP) is 5.10. The molecule has 6 nitrogen and oxygen atoms in total. The molecule has 0 aliphatic rings. The first-order valence-electron chi connectivity index (χ1n) is 10.6. The van der Waals surface area contributed by atoms with E-state index in [2.05, 4.69) is 6.92 Å². The Morgan fingerprint density at radius 1 is 0.774 bits per heavy atom. The van der Waals surface area contributed by atoms with Crippen LogP contribution in [0, 0.1) is 5.41 Å². The average molecular weight is 433 g/mol. The van der Waals surface area contributed by atoms with Gasteiger partial charge in [-0.3, -0.25) is 0 Å². The quantitative estimate of drug-likeness (QED) is 0.461. The number of hydrogen-bond acceptors (Lipinski definition) is 4. The Kier molecular flexibility index (Phi) is 13.8. The van der Waals surface area contributed by atoms with E-state index in [0.717, 1.165) is 19.3 Å². The number of hydrogen-bond donors (Lipinski definition) is 4. The van der Waals surface area contributed by atoms with Gasteiger partial charge in [-0.2, -0.15) is 0 Å². The normalized spacial score (nSPS) is 13.9. The Morgan fingerprint density at radius 2 is 1.16 bits per heavy atom.